The molecule has 0 unspecified atom stereocenters. The number of hydrogen-bond acceptors (Lipinski definition) is 8. The fraction of sp³-hybridized carbons (Fsp3) is 0.150. The van der Waals surface area contributed by atoms with Crippen molar-refractivity contribution in [2.75, 3.05) is 19.5 Å². The second-order valence-electron chi connectivity index (χ2n) is 5.79. The van der Waals surface area contributed by atoms with E-state index < -0.39 is 22.8 Å². The number of nitro benzene ring substituents is 1. The maximum Gasteiger partial charge on any atom is 0.340 e. The monoisotopic (exact) mass is 414 g/mol. The van der Waals surface area contributed by atoms with E-state index in [-0.39, 0.29) is 40.4 Å². The van der Waals surface area contributed by atoms with Gasteiger partial charge in [0.2, 0.25) is 5.91 Å². The number of rotatable bonds is 8. The molecular formula is C20H18N2O8. The molecule has 0 aliphatic carbocycles. The number of anilines is 1. The first-order valence-corrected chi connectivity index (χ1v) is 8.46. The summed E-state index contributed by atoms with van der Waals surface area (Å²) >= 11 is 0. The third kappa shape index (κ3) is 5.41. The van der Waals surface area contributed by atoms with Crippen LogP contribution in [0.4, 0.5) is 11.4 Å². The average Bonchev–Trinajstić information content (AvgIpc) is 2.73. The lowest BCUT2D eigenvalue weighted by molar-refractivity contribution is -0.385. The topological polar surface area (TPSA) is 134 Å². The Morgan fingerprint density at radius 3 is 2.37 bits per heavy atom. The van der Waals surface area contributed by atoms with Crippen molar-refractivity contribution in [1.82, 2.24) is 0 Å². The van der Waals surface area contributed by atoms with Gasteiger partial charge in [-0.3, -0.25) is 19.7 Å². The number of nitrogens with one attached hydrogen (secondary N) is 1. The van der Waals surface area contributed by atoms with Gasteiger partial charge in [-0.25, -0.2) is 4.79 Å². The van der Waals surface area contributed by atoms with Crippen LogP contribution in [0.1, 0.15) is 15.9 Å². The van der Waals surface area contributed by atoms with Crippen LogP contribution in [0.5, 0.6) is 11.5 Å². The number of esters is 2. The van der Waals surface area contributed by atoms with Crippen LogP contribution < -0.4 is 10.1 Å². The zero-order valence-corrected chi connectivity index (χ0v) is 16.2. The average molecular weight is 414 g/mol. The maximum atomic E-state index is 12.1. The molecular weight excluding hydrogens is 396 g/mol. The minimum atomic E-state index is -0.713. The number of nitrogens with zero attached hydrogens (tertiary/aromatic N) is 1. The molecule has 0 bridgehead atoms. The molecule has 2 aromatic carbocycles. The van der Waals surface area contributed by atoms with Gasteiger partial charge in [0.05, 0.1) is 36.8 Å². The van der Waals surface area contributed by atoms with Crippen LogP contribution >= 0.6 is 0 Å². The highest BCUT2D eigenvalue weighted by Crippen LogP contribution is 2.30. The number of nitro groups is 1. The summed E-state index contributed by atoms with van der Waals surface area (Å²) in [5.74, 6) is -1.49. The highest BCUT2D eigenvalue weighted by Gasteiger charge is 2.19. The van der Waals surface area contributed by atoms with Crippen molar-refractivity contribution in [2.45, 2.75) is 6.42 Å². The van der Waals surface area contributed by atoms with Gasteiger partial charge in [-0.15, -0.1) is 0 Å². The Hall–Kier alpha value is -4.21. The smallest absolute Gasteiger partial charge is 0.340 e. The molecule has 0 fully saturated rings. The molecule has 10 heteroatoms. The molecule has 2 rings (SSSR count). The summed E-state index contributed by atoms with van der Waals surface area (Å²) in [7, 11) is 2.36. The van der Waals surface area contributed by atoms with Gasteiger partial charge >= 0.3 is 11.9 Å². The fourth-order valence-corrected chi connectivity index (χ4v) is 2.47. The summed E-state index contributed by atoms with van der Waals surface area (Å²) in [6, 6.07) is 8.14. The minimum absolute atomic E-state index is 0.0295. The van der Waals surface area contributed by atoms with Crippen molar-refractivity contribution in [3.8, 4) is 11.5 Å². The van der Waals surface area contributed by atoms with E-state index in [0.717, 1.165) is 6.08 Å². The molecule has 0 atom stereocenters. The lowest BCUT2D eigenvalue weighted by Crippen LogP contribution is -2.12. The molecule has 0 spiro atoms. The first-order chi connectivity index (χ1) is 14.3. The van der Waals surface area contributed by atoms with E-state index in [4.69, 9.17) is 9.47 Å². The van der Waals surface area contributed by atoms with Crippen molar-refractivity contribution < 1.29 is 33.5 Å². The van der Waals surface area contributed by atoms with Crippen LogP contribution in [0.15, 0.2) is 49.1 Å². The number of hydrogen-bond donors (Lipinski definition) is 1. The highest BCUT2D eigenvalue weighted by molar-refractivity contribution is 6.05. The molecule has 1 amide bonds. The molecule has 10 nitrogen and oxygen atoms in total. The van der Waals surface area contributed by atoms with Crippen molar-refractivity contribution in [3.05, 3.63) is 70.3 Å². The zero-order valence-electron chi connectivity index (χ0n) is 16.2. The normalized spacial score (nSPS) is 9.93. The second-order valence-corrected chi connectivity index (χ2v) is 5.79. The molecule has 0 aromatic heterocycles. The van der Waals surface area contributed by atoms with E-state index in [1.807, 2.05) is 0 Å². The Kier molecular flexibility index (Phi) is 7.23. The quantitative estimate of drug-likeness (QED) is 0.301. The van der Waals surface area contributed by atoms with E-state index in [0.29, 0.717) is 0 Å². The minimum Gasteiger partial charge on any atom is -0.469 e. The Balaban J connectivity index is 2.39. The van der Waals surface area contributed by atoms with Gasteiger partial charge in [-0.1, -0.05) is 6.58 Å². The van der Waals surface area contributed by atoms with Gasteiger partial charge < -0.3 is 19.5 Å². The third-order valence-electron chi connectivity index (χ3n) is 3.89. The summed E-state index contributed by atoms with van der Waals surface area (Å²) in [4.78, 5) is 45.7. The summed E-state index contributed by atoms with van der Waals surface area (Å²) in [6.07, 6.45) is 0.731. The molecule has 2 aromatic rings. The zero-order chi connectivity index (χ0) is 22.3. The van der Waals surface area contributed by atoms with Gasteiger partial charge in [-0.2, -0.15) is 0 Å². The predicted octanol–water partition coefficient (Wildman–Crippen LogP) is 3.01. The molecule has 0 aliphatic rings. The maximum absolute atomic E-state index is 12.1. The number of benzene rings is 2. The predicted molar refractivity (Wildman–Crippen MR) is 105 cm³/mol. The van der Waals surface area contributed by atoms with E-state index in [1.54, 1.807) is 0 Å². The summed E-state index contributed by atoms with van der Waals surface area (Å²) in [5.41, 5.74) is 0.0639. The van der Waals surface area contributed by atoms with Crippen molar-refractivity contribution >= 4 is 29.2 Å². The number of carbonyl (C=O) groups excluding carboxylic acids is 3. The number of amides is 1. The molecule has 30 heavy (non-hydrogen) atoms. The van der Waals surface area contributed by atoms with Crippen LogP contribution in [-0.4, -0.2) is 37.0 Å². The Labute approximate surface area is 171 Å². The summed E-state index contributed by atoms with van der Waals surface area (Å²) < 4.78 is 15.0. The second kappa shape index (κ2) is 9.82. The third-order valence-corrected chi connectivity index (χ3v) is 3.89. The van der Waals surface area contributed by atoms with E-state index in [2.05, 4.69) is 16.6 Å². The van der Waals surface area contributed by atoms with Crippen molar-refractivity contribution in [1.29, 1.82) is 0 Å². The fourth-order valence-electron chi connectivity index (χ4n) is 2.47. The number of ether oxygens (including phenoxy) is 3. The highest BCUT2D eigenvalue weighted by atomic mass is 16.6. The standard InChI is InChI=1S/C20H18N2O8/c1-4-18(23)21-16-7-5-14(11-15(16)20(25)29-3)30-13-6-8-17(22(26)27)12(9-13)10-19(24)28-2/h4-9,11H,1,10H2,2-3H3,(H,21,23). The Bertz CT molecular complexity index is 1020. The first kappa shape index (κ1) is 22.1. The summed E-state index contributed by atoms with van der Waals surface area (Å²) in [5, 5.41) is 13.7. The van der Waals surface area contributed by atoms with Gasteiger partial charge in [0.25, 0.3) is 5.69 Å². The van der Waals surface area contributed by atoms with Crippen LogP contribution in [0, 0.1) is 10.1 Å². The van der Waals surface area contributed by atoms with Crippen LogP contribution in [0.25, 0.3) is 0 Å². The molecule has 1 N–H and O–H groups in total. The largest absolute Gasteiger partial charge is 0.469 e. The Morgan fingerprint density at radius 1 is 1.10 bits per heavy atom. The van der Waals surface area contributed by atoms with Gasteiger partial charge in [0.15, 0.2) is 0 Å². The van der Waals surface area contributed by atoms with Gasteiger partial charge in [0.1, 0.15) is 11.5 Å². The van der Waals surface area contributed by atoms with Crippen molar-refractivity contribution in [3.63, 3.8) is 0 Å². The number of methoxy groups -OCH3 is 2. The van der Waals surface area contributed by atoms with E-state index in [1.165, 1.54) is 50.6 Å². The molecule has 0 saturated heterocycles. The first-order valence-electron chi connectivity index (χ1n) is 8.46. The molecule has 0 aliphatic heterocycles. The van der Waals surface area contributed by atoms with E-state index >= 15 is 0 Å². The molecule has 0 saturated carbocycles. The van der Waals surface area contributed by atoms with Gasteiger partial charge in [-0.05, 0) is 36.4 Å². The van der Waals surface area contributed by atoms with Gasteiger partial charge in [0, 0.05) is 11.6 Å². The Morgan fingerprint density at radius 2 is 1.77 bits per heavy atom. The van der Waals surface area contributed by atoms with Crippen LogP contribution in [-0.2, 0) is 25.5 Å². The molecule has 0 radical (unpaired) electrons. The van der Waals surface area contributed by atoms with Crippen molar-refractivity contribution in [2.24, 2.45) is 0 Å². The van der Waals surface area contributed by atoms with Crippen LogP contribution in [0.3, 0.4) is 0 Å². The van der Waals surface area contributed by atoms with Crippen LogP contribution in [0.2, 0.25) is 0 Å². The lowest BCUT2D eigenvalue weighted by atomic mass is 10.1. The lowest BCUT2D eigenvalue weighted by Gasteiger charge is -2.12. The molecule has 0 heterocycles. The number of carbonyl (C=O) groups is 3. The SMILES string of the molecule is C=CC(=O)Nc1ccc(Oc2ccc([N+](=O)[O-])c(CC(=O)OC)c2)cc1C(=O)OC. The molecule has 156 valence electrons. The summed E-state index contributed by atoms with van der Waals surface area (Å²) in [6.45, 7) is 3.35. The van der Waals surface area contributed by atoms with E-state index in [9.17, 15) is 24.5 Å².